The number of nitrogen functional groups attached to an aromatic ring is 1. The SMILES string of the molecule is Cc1ccc([N+](=O)[O-])cc1NC(=O)C(Sc1ccc(N)cc1)c1ccccc1. The molecule has 6 nitrogen and oxygen atoms in total. The highest BCUT2D eigenvalue weighted by Crippen LogP contribution is 2.37. The predicted octanol–water partition coefficient (Wildman–Crippen LogP) is 4.96. The number of nitrogens with zero attached hydrogens (tertiary/aromatic N) is 1. The van der Waals surface area contributed by atoms with Gasteiger partial charge in [0.25, 0.3) is 5.69 Å². The first-order valence-electron chi connectivity index (χ1n) is 8.57. The highest BCUT2D eigenvalue weighted by atomic mass is 32.2. The first-order chi connectivity index (χ1) is 13.4. The van der Waals surface area contributed by atoms with Crippen LogP contribution in [0.1, 0.15) is 16.4 Å². The molecule has 1 unspecified atom stereocenters. The normalized spacial score (nSPS) is 11.6. The van der Waals surface area contributed by atoms with Crippen LogP contribution in [0, 0.1) is 17.0 Å². The number of nitrogens with one attached hydrogen (secondary N) is 1. The standard InChI is InChI=1S/C21H19N3O3S/c1-14-7-10-17(24(26)27)13-19(14)23-21(25)20(15-5-3-2-4-6-15)28-18-11-8-16(22)9-12-18/h2-13,20H,22H2,1H3,(H,23,25). The minimum absolute atomic E-state index is 0.0663. The number of hydrogen-bond acceptors (Lipinski definition) is 5. The summed E-state index contributed by atoms with van der Waals surface area (Å²) < 4.78 is 0. The van der Waals surface area contributed by atoms with Crippen LogP contribution in [0.15, 0.2) is 77.7 Å². The maximum atomic E-state index is 13.1. The number of hydrogen-bond donors (Lipinski definition) is 2. The van der Waals surface area contributed by atoms with Gasteiger partial charge in [0.1, 0.15) is 5.25 Å². The van der Waals surface area contributed by atoms with Crippen LogP contribution < -0.4 is 11.1 Å². The van der Waals surface area contributed by atoms with Crippen molar-refractivity contribution in [3.8, 4) is 0 Å². The van der Waals surface area contributed by atoms with Crippen molar-refractivity contribution in [2.75, 3.05) is 11.1 Å². The number of anilines is 2. The molecule has 1 amide bonds. The van der Waals surface area contributed by atoms with Gasteiger partial charge in [-0.1, -0.05) is 36.4 Å². The molecule has 3 aromatic carbocycles. The maximum absolute atomic E-state index is 13.1. The summed E-state index contributed by atoms with van der Waals surface area (Å²) in [7, 11) is 0. The first-order valence-corrected chi connectivity index (χ1v) is 9.45. The molecule has 0 fully saturated rings. The zero-order valence-electron chi connectivity index (χ0n) is 15.2. The van der Waals surface area contributed by atoms with Crippen molar-refractivity contribution in [1.82, 2.24) is 0 Å². The third-order valence-electron chi connectivity index (χ3n) is 4.16. The number of benzene rings is 3. The monoisotopic (exact) mass is 393 g/mol. The van der Waals surface area contributed by atoms with Gasteiger partial charge in [-0.3, -0.25) is 14.9 Å². The molecule has 3 rings (SSSR count). The number of nitro groups is 1. The second kappa shape index (κ2) is 8.58. The lowest BCUT2D eigenvalue weighted by molar-refractivity contribution is -0.384. The van der Waals surface area contributed by atoms with Gasteiger partial charge in [0, 0.05) is 22.7 Å². The van der Waals surface area contributed by atoms with E-state index in [1.165, 1.54) is 23.9 Å². The van der Waals surface area contributed by atoms with Crippen molar-refractivity contribution in [1.29, 1.82) is 0 Å². The van der Waals surface area contributed by atoms with E-state index in [4.69, 9.17) is 5.73 Å². The van der Waals surface area contributed by atoms with E-state index in [0.29, 0.717) is 11.4 Å². The Balaban J connectivity index is 1.90. The van der Waals surface area contributed by atoms with Gasteiger partial charge < -0.3 is 11.1 Å². The Bertz CT molecular complexity index is 992. The van der Waals surface area contributed by atoms with Crippen LogP contribution in [0.2, 0.25) is 0 Å². The fraction of sp³-hybridized carbons (Fsp3) is 0.0952. The van der Waals surface area contributed by atoms with E-state index in [2.05, 4.69) is 5.32 Å². The van der Waals surface area contributed by atoms with Gasteiger partial charge in [0.15, 0.2) is 0 Å². The Morgan fingerprint density at radius 2 is 1.75 bits per heavy atom. The lowest BCUT2D eigenvalue weighted by Crippen LogP contribution is -2.19. The van der Waals surface area contributed by atoms with Crippen molar-refractivity contribution in [2.24, 2.45) is 0 Å². The summed E-state index contributed by atoms with van der Waals surface area (Å²) in [4.78, 5) is 24.6. The number of nitro benzene ring substituents is 1. The number of nitrogens with two attached hydrogens (primary N) is 1. The average molecular weight is 393 g/mol. The second-order valence-electron chi connectivity index (χ2n) is 6.22. The van der Waals surface area contributed by atoms with Crippen LogP contribution in [0.4, 0.5) is 17.1 Å². The van der Waals surface area contributed by atoms with Crippen molar-refractivity contribution in [2.45, 2.75) is 17.1 Å². The fourth-order valence-corrected chi connectivity index (χ4v) is 3.66. The molecule has 0 aliphatic rings. The van der Waals surface area contributed by atoms with E-state index < -0.39 is 10.2 Å². The minimum Gasteiger partial charge on any atom is -0.399 e. The summed E-state index contributed by atoms with van der Waals surface area (Å²) in [5, 5.41) is 13.4. The molecule has 0 aliphatic heterocycles. The van der Waals surface area contributed by atoms with E-state index in [1.54, 1.807) is 25.1 Å². The van der Waals surface area contributed by atoms with Crippen molar-refractivity contribution < 1.29 is 9.72 Å². The Morgan fingerprint density at radius 1 is 1.07 bits per heavy atom. The lowest BCUT2D eigenvalue weighted by Gasteiger charge is -2.18. The number of carbonyl (C=O) groups is 1. The molecule has 0 aliphatic carbocycles. The molecule has 0 spiro atoms. The van der Waals surface area contributed by atoms with Crippen molar-refractivity contribution in [3.63, 3.8) is 0 Å². The molecule has 7 heteroatoms. The Kier molecular flexibility index (Phi) is 5.96. The number of amides is 1. The largest absolute Gasteiger partial charge is 0.399 e. The van der Waals surface area contributed by atoms with Gasteiger partial charge in [-0.05, 0) is 42.3 Å². The molecule has 3 N–H and O–H groups in total. The topological polar surface area (TPSA) is 98.3 Å². The van der Waals surface area contributed by atoms with Gasteiger partial charge >= 0.3 is 0 Å². The predicted molar refractivity (Wildman–Crippen MR) is 112 cm³/mol. The Hall–Kier alpha value is -3.32. The summed E-state index contributed by atoms with van der Waals surface area (Å²) in [6, 6.07) is 21.1. The quantitative estimate of drug-likeness (QED) is 0.267. The van der Waals surface area contributed by atoms with E-state index in [0.717, 1.165) is 16.0 Å². The van der Waals surface area contributed by atoms with Crippen LogP contribution >= 0.6 is 11.8 Å². The third kappa shape index (κ3) is 4.69. The minimum atomic E-state index is -0.525. The molecule has 1 atom stereocenters. The second-order valence-corrected chi connectivity index (χ2v) is 7.40. The van der Waals surface area contributed by atoms with E-state index in [9.17, 15) is 14.9 Å². The van der Waals surface area contributed by atoms with E-state index >= 15 is 0 Å². The Morgan fingerprint density at radius 3 is 2.39 bits per heavy atom. The molecule has 142 valence electrons. The van der Waals surface area contributed by atoms with Gasteiger partial charge in [0.05, 0.1) is 10.6 Å². The maximum Gasteiger partial charge on any atom is 0.271 e. The van der Waals surface area contributed by atoms with Crippen molar-refractivity contribution >= 4 is 34.7 Å². The third-order valence-corrected chi connectivity index (χ3v) is 5.43. The smallest absolute Gasteiger partial charge is 0.271 e. The number of aryl methyl sites for hydroxylation is 1. The van der Waals surface area contributed by atoms with Crippen LogP contribution in [0.3, 0.4) is 0 Å². The van der Waals surface area contributed by atoms with Gasteiger partial charge in [-0.2, -0.15) is 0 Å². The van der Waals surface area contributed by atoms with Crippen LogP contribution in [0.5, 0.6) is 0 Å². The molecule has 0 aromatic heterocycles. The lowest BCUT2D eigenvalue weighted by atomic mass is 10.1. The summed E-state index contributed by atoms with van der Waals surface area (Å²) >= 11 is 1.39. The van der Waals surface area contributed by atoms with Gasteiger partial charge in [-0.25, -0.2) is 0 Å². The molecule has 0 heterocycles. The number of thioether (sulfide) groups is 1. The summed E-state index contributed by atoms with van der Waals surface area (Å²) in [6.07, 6.45) is 0. The summed E-state index contributed by atoms with van der Waals surface area (Å²) in [6.45, 7) is 1.80. The fourth-order valence-electron chi connectivity index (χ4n) is 2.64. The summed E-state index contributed by atoms with van der Waals surface area (Å²) in [5.74, 6) is -0.253. The molecule has 0 radical (unpaired) electrons. The molecule has 3 aromatic rings. The first kappa shape index (κ1) is 19.4. The zero-order chi connectivity index (χ0) is 20.1. The van der Waals surface area contributed by atoms with Crippen LogP contribution in [-0.2, 0) is 4.79 Å². The zero-order valence-corrected chi connectivity index (χ0v) is 16.0. The average Bonchev–Trinajstić information content (AvgIpc) is 2.69. The summed E-state index contributed by atoms with van der Waals surface area (Å²) in [5.41, 5.74) is 8.35. The molecular weight excluding hydrogens is 374 g/mol. The highest BCUT2D eigenvalue weighted by Gasteiger charge is 2.23. The van der Waals surface area contributed by atoms with Gasteiger partial charge in [-0.15, -0.1) is 11.8 Å². The molecule has 0 bridgehead atoms. The molecule has 0 saturated heterocycles. The molecule has 0 saturated carbocycles. The van der Waals surface area contributed by atoms with Gasteiger partial charge in [0.2, 0.25) is 5.91 Å². The Labute approximate surface area is 166 Å². The number of non-ortho nitro benzene ring substituents is 1. The number of rotatable bonds is 6. The van der Waals surface area contributed by atoms with Crippen molar-refractivity contribution in [3.05, 3.63) is 94.0 Å². The number of carbonyl (C=O) groups excluding carboxylic acids is 1. The van der Waals surface area contributed by atoms with E-state index in [-0.39, 0.29) is 11.6 Å². The van der Waals surface area contributed by atoms with Crippen LogP contribution in [-0.4, -0.2) is 10.8 Å². The van der Waals surface area contributed by atoms with E-state index in [1.807, 2.05) is 42.5 Å². The molecular formula is C21H19N3O3S. The molecule has 28 heavy (non-hydrogen) atoms. The van der Waals surface area contributed by atoms with Crippen LogP contribution in [0.25, 0.3) is 0 Å². The highest BCUT2D eigenvalue weighted by molar-refractivity contribution is 8.00.